The number of benzene rings is 1. The number of nitrogens with two attached hydrogens (primary N) is 1. The van der Waals surface area contributed by atoms with Gasteiger partial charge in [0.15, 0.2) is 0 Å². The maximum atomic E-state index is 12.9. The van der Waals surface area contributed by atoms with Crippen LogP contribution in [0.5, 0.6) is 0 Å². The molecule has 0 bridgehead atoms. The lowest BCUT2D eigenvalue weighted by Gasteiger charge is -2.35. The number of sulfonamides is 1. The molecule has 1 aromatic carbocycles. The van der Waals surface area contributed by atoms with E-state index in [0.29, 0.717) is 30.4 Å². The van der Waals surface area contributed by atoms with Gasteiger partial charge in [-0.05, 0) is 51.9 Å². The van der Waals surface area contributed by atoms with Crippen molar-refractivity contribution in [1.29, 1.82) is 0 Å². The fourth-order valence-corrected chi connectivity index (χ4v) is 4.74. The van der Waals surface area contributed by atoms with Crippen LogP contribution in [0.15, 0.2) is 17.0 Å². The predicted molar refractivity (Wildman–Crippen MR) is 85.8 cm³/mol. The molecule has 1 aliphatic heterocycles. The van der Waals surface area contributed by atoms with E-state index in [1.54, 1.807) is 11.2 Å². The summed E-state index contributed by atoms with van der Waals surface area (Å²) in [6.07, 6.45) is 1.72. The summed E-state index contributed by atoms with van der Waals surface area (Å²) in [6, 6.07) is 4.14. The molecular weight excluding hydrogens is 286 g/mol. The SMILES string of the molecule is Cc1ccc(C)c(S(=O)(=O)N2CCC(N(C)C)CC2)c1N. The second-order valence-electron chi connectivity index (χ2n) is 6.04. The highest BCUT2D eigenvalue weighted by molar-refractivity contribution is 7.89. The van der Waals surface area contributed by atoms with Crippen molar-refractivity contribution >= 4 is 15.7 Å². The van der Waals surface area contributed by atoms with E-state index < -0.39 is 10.0 Å². The van der Waals surface area contributed by atoms with Crippen LogP contribution < -0.4 is 5.73 Å². The quantitative estimate of drug-likeness (QED) is 0.861. The third-order valence-electron chi connectivity index (χ3n) is 4.36. The van der Waals surface area contributed by atoms with Crippen LogP contribution in [-0.2, 0) is 10.0 Å². The number of nitrogens with zero attached hydrogens (tertiary/aromatic N) is 2. The maximum Gasteiger partial charge on any atom is 0.245 e. The van der Waals surface area contributed by atoms with Crippen LogP contribution in [0.4, 0.5) is 5.69 Å². The molecule has 0 aliphatic carbocycles. The number of hydrogen-bond acceptors (Lipinski definition) is 4. The Labute approximate surface area is 127 Å². The van der Waals surface area contributed by atoms with E-state index in [0.717, 1.165) is 18.4 Å². The first-order valence-corrected chi connectivity index (χ1v) is 8.71. The molecule has 0 radical (unpaired) electrons. The van der Waals surface area contributed by atoms with E-state index in [1.807, 2.05) is 33.2 Å². The van der Waals surface area contributed by atoms with Crippen molar-refractivity contribution in [1.82, 2.24) is 9.21 Å². The van der Waals surface area contributed by atoms with Crippen LogP contribution in [0.25, 0.3) is 0 Å². The van der Waals surface area contributed by atoms with Crippen molar-refractivity contribution in [2.24, 2.45) is 0 Å². The average molecular weight is 311 g/mol. The summed E-state index contributed by atoms with van der Waals surface area (Å²) in [5.74, 6) is 0. The Kier molecular flexibility index (Phi) is 4.60. The number of anilines is 1. The normalized spacial score (nSPS) is 18.3. The van der Waals surface area contributed by atoms with Gasteiger partial charge in [-0.15, -0.1) is 0 Å². The molecule has 0 atom stereocenters. The van der Waals surface area contributed by atoms with Crippen LogP contribution in [0, 0.1) is 13.8 Å². The summed E-state index contributed by atoms with van der Waals surface area (Å²) in [7, 11) is 0.573. The van der Waals surface area contributed by atoms with Gasteiger partial charge in [0.05, 0.1) is 5.69 Å². The van der Waals surface area contributed by atoms with Gasteiger partial charge in [0, 0.05) is 19.1 Å². The molecule has 1 fully saturated rings. The van der Waals surface area contributed by atoms with E-state index in [-0.39, 0.29) is 4.90 Å². The maximum absolute atomic E-state index is 12.9. The summed E-state index contributed by atoms with van der Waals surface area (Å²) in [6.45, 7) is 4.75. The lowest BCUT2D eigenvalue weighted by atomic mass is 10.1. The molecule has 1 aromatic rings. The second-order valence-corrected chi connectivity index (χ2v) is 7.92. The first kappa shape index (κ1) is 16.3. The highest BCUT2D eigenvalue weighted by atomic mass is 32.2. The molecule has 0 saturated carbocycles. The van der Waals surface area contributed by atoms with Crippen molar-refractivity contribution in [3.8, 4) is 0 Å². The Morgan fingerprint density at radius 2 is 1.67 bits per heavy atom. The minimum Gasteiger partial charge on any atom is -0.397 e. The van der Waals surface area contributed by atoms with Crippen molar-refractivity contribution < 1.29 is 8.42 Å². The molecule has 21 heavy (non-hydrogen) atoms. The molecule has 0 spiro atoms. The van der Waals surface area contributed by atoms with Crippen molar-refractivity contribution in [3.05, 3.63) is 23.3 Å². The van der Waals surface area contributed by atoms with Gasteiger partial charge in [0.2, 0.25) is 10.0 Å². The zero-order valence-corrected chi connectivity index (χ0v) is 14.1. The number of rotatable bonds is 3. The van der Waals surface area contributed by atoms with Crippen LogP contribution in [0.3, 0.4) is 0 Å². The smallest absolute Gasteiger partial charge is 0.245 e. The van der Waals surface area contributed by atoms with Crippen molar-refractivity contribution in [2.75, 3.05) is 32.9 Å². The monoisotopic (exact) mass is 311 g/mol. The van der Waals surface area contributed by atoms with Gasteiger partial charge in [-0.1, -0.05) is 12.1 Å². The molecule has 0 aromatic heterocycles. The van der Waals surface area contributed by atoms with Gasteiger partial charge < -0.3 is 10.6 Å². The van der Waals surface area contributed by atoms with Crippen molar-refractivity contribution in [3.63, 3.8) is 0 Å². The van der Waals surface area contributed by atoms with Gasteiger partial charge in [0.1, 0.15) is 4.90 Å². The Hall–Kier alpha value is -1.11. The summed E-state index contributed by atoms with van der Waals surface area (Å²) in [4.78, 5) is 2.45. The molecule has 2 N–H and O–H groups in total. The summed E-state index contributed by atoms with van der Waals surface area (Å²) >= 11 is 0. The van der Waals surface area contributed by atoms with E-state index >= 15 is 0 Å². The minimum absolute atomic E-state index is 0.283. The van der Waals surface area contributed by atoms with Crippen molar-refractivity contribution in [2.45, 2.75) is 37.6 Å². The van der Waals surface area contributed by atoms with Gasteiger partial charge in [-0.2, -0.15) is 4.31 Å². The number of nitrogen functional groups attached to an aromatic ring is 1. The fourth-order valence-electron chi connectivity index (χ4n) is 2.88. The number of piperidine rings is 1. The lowest BCUT2D eigenvalue weighted by Crippen LogP contribution is -2.44. The molecule has 1 heterocycles. The molecule has 118 valence electrons. The van der Waals surface area contributed by atoms with E-state index in [9.17, 15) is 8.42 Å². The molecule has 5 nitrogen and oxygen atoms in total. The molecule has 0 amide bonds. The Morgan fingerprint density at radius 3 is 2.19 bits per heavy atom. The molecule has 0 unspecified atom stereocenters. The number of aryl methyl sites for hydroxylation is 2. The zero-order chi connectivity index (χ0) is 15.8. The second kappa shape index (κ2) is 5.94. The van der Waals surface area contributed by atoms with Crippen LogP contribution in [0.1, 0.15) is 24.0 Å². The van der Waals surface area contributed by atoms with E-state index in [1.165, 1.54) is 0 Å². The third kappa shape index (κ3) is 3.07. The predicted octanol–water partition coefficient (Wildman–Crippen LogP) is 1.60. The van der Waals surface area contributed by atoms with Gasteiger partial charge >= 0.3 is 0 Å². The van der Waals surface area contributed by atoms with Crippen LogP contribution >= 0.6 is 0 Å². The summed E-state index contributed by atoms with van der Waals surface area (Å²) in [5, 5.41) is 0. The fraction of sp³-hybridized carbons (Fsp3) is 0.600. The topological polar surface area (TPSA) is 66.6 Å². The first-order valence-electron chi connectivity index (χ1n) is 7.27. The molecule has 6 heteroatoms. The van der Waals surface area contributed by atoms with Gasteiger partial charge in [-0.3, -0.25) is 0 Å². The summed E-state index contributed by atoms with van der Waals surface area (Å²) < 4.78 is 27.4. The van der Waals surface area contributed by atoms with Crippen LogP contribution in [0.2, 0.25) is 0 Å². The Morgan fingerprint density at radius 1 is 1.14 bits per heavy atom. The molecular formula is C15H25N3O2S. The molecule has 1 saturated heterocycles. The highest BCUT2D eigenvalue weighted by Crippen LogP contribution is 2.30. The standard InChI is InChI=1S/C15H25N3O2S/c1-11-5-6-12(2)15(14(11)16)21(19,20)18-9-7-13(8-10-18)17(3)4/h5-6,13H,7-10,16H2,1-4H3. The molecule has 1 aliphatic rings. The largest absolute Gasteiger partial charge is 0.397 e. The third-order valence-corrected chi connectivity index (χ3v) is 6.47. The average Bonchev–Trinajstić information content (AvgIpc) is 2.43. The van der Waals surface area contributed by atoms with E-state index in [4.69, 9.17) is 5.73 Å². The zero-order valence-electron chi connectivity index (χ0n) is 13.3. The van der Waals surface area contributed by atoms with Gasteiger partial charge in [-0.25, -0.2) is 8.42 Å². The number of hydrogen-bond donors (Lipinski definition) is 1. The van der Waals surface area contributed by atoms with Gasteiger partial charge in [0.25, 0.3) is 0 Å². The van der Waals surface area contributed by atoms with E-state index in [2.05, 4.69) is 4.90 Å². The molecule has 2 rings (SSSR count). The summed E-state index contributed by atoms with van der Waals surface area (Å²) in [5.41, 5.74) is 7.94. The highest BCUT2D eigenvalue weighted by Gasteiger charge is 2.32. The van der Waals surface area contributed by atoms with Crippen LogP contribution in [-0.4, -0.2) is 50.8 Å². The lowest BCUT2D eigenvalue weighted by molar-refractivity contribution is 0.196. The Bertz CT molecular complexity index is 618. The minimum atomic E-state index is -3.51. The first-order chi connectivity index (χ1) is 9.75. The Balaban J connectivity index is 2.30.